The van der Waals surface area contributed by atoms with Crippen LogP contribution in [-0.2, 0) is 11.3 Å². The lowest BCUT2D eigenvalue weighted by Crippen LogP contribution is -2.40. The number of para-hydroxylation sites is 1. The third kappa shape index (κ3) is 4.59. The number of likely N-dealkylation sites (tertiary alicyclic amines) is 1. The fraction of sp³-hybridized carbons (Fsp3) is 0.526. The van der Waals surface area contributed by atoms with Crippen molar-refractivity contribution in [2.24, 2.45) is 5.92 Å². The number of amides is 1. The first-order valence-corrected chi connectivity index (χ1v) is 9.66. The van der Waals surface area contributed by atoms with Crippen molar-refractivity contribution < 1.29 is 4.79 Å². The Morgan fingerprint density at radius 1 is 1.35 bits per heavy atom. The predicted molar refractivity (Wildman–Crippen MR) is 106 cm³/mol. The monoisotopic (exact) mass is 374 g/mol. The highest BCUT2D eigenvalue weighted by atomic mass is 32.1. The highest BCUT2D eigenvalue weighted by molar-refractivity contribution is 7.71. The van der Waals surface area contributed by atoms with Crippen LogP contribution in [0.25, 0.3) is 10.9 Å². The SMILES string of the molecule is CC1CCCN(CCNC(=O)CCn2c(=S)[nH]c3ccccc3c2=O)C1. The number of hydrogen-bond donors (Lipinski definition) is 2. The van der Waals surface area contributed by atoms with Gasteiger partial charge >= 0.3 is 0 Å². The van der Waals surface area contributed by atoms with Gasteiger partial charge in [0.25, 0.3) is 5.56 Å². The van der Waals surface area contributed by atoms with E-state index in [4.69, 9.17) is 12.2 Å². The smallest absolute Gasteiger partial charge is 0.262 e. The van der Waals surface area contributed by atoms with E-state index < -0.39 is 0 Å². The van der Waals surface area contributed by atoms with Gasteiger partial charge in [-0.2, -0.15) is 0 Å². The molecule has 1 amide bonds. The quantitative estimate of drug-likeness (QED) is 0.761. The minimum atomic E-state index is -0.153. The van der Waals surface area contributed by atoms with Crippen LogP contribution in [0.5, 0.6) is 0 Å². The topological polar surface area (TPSA) is 70.1 Å². The number of nitrogens with one attached hydrogen (secondary N) is 2. The fourth-order valence-electron chi connectivity index (χ4n) is 3.55. The molecule has 2 heterocycles. The zero-order valence-corrected chi connectivity index (χ0v) is 16.0. The molecule has 0 aliphatic carbocycles. The van der Waals surface area contributed by atoms with Crippen molar-refractivity contribution in [3.05, 3.63) is 39.4 Å². The summed E-state index contributed by atoms with van der Waals surface area (Å²) >= 11 is 5.27. The summed E-state index contributed by atoms with van der Waals surface area (Å²) in [4.78, 5) is 30.1. The highest BCUT2D eigenvalue weighted by Gasteiger charge is 2.15. The highest BCUT2D eigenvalue weighted by Crippen LogP contribution is 2.14. The second-order valence-electron chi connectivity index (χ2n) is 7.08. The Balaban J connectivity index is 1.52. The van der Waals surface area contributed by atoms with E-state index in [0.717, 1.165) is 31.1 Å². The predicted octanol–water partition coefficient (Wildman–Crippen LogP) is 2.30. The molecule has 1 fully saturated rings. The number of hydrogen-bond acceptors (Lipinski definition) is 4. The normalized spacial score (nSPS) is 18.1. The molecule has 1 saturated heterocycles. The summed E-state index contributed by atoms with van der Waals surface area (Å²) in [5.74, 6) is 0.686. The van der Waals surface area contributed by atoms with Crippen molar-refractivity contribution in [2.45, 2.75) is 32.7 Å². The van der Waals surface area contributed by atoms with E-state index in [2.05, 4.69) is 22.1 Å². The first kappa shape index (κ1) is 18.8. The third-order valence-corrected chi connectivity index (χ3v) is 5.27. The van der Waals surface area contributed by atoms with Gasteiger partial charge in [0.1, 0.15) is 0 Å². The Morgan fingerprint density at radius 2 is 2.15 bits per heavy atom. The largest absolute Gasteiger partial charge is 0.355 e. The van der Waals surface area contributed by atoms with Crippen LogP contribution in [0.2, 0.25) is 0 Å². The Kier molecular flexibility index (Phi) is 6.21. The van der Waals surface area contributed by atoms with Gasteiger partial charge < -0.3 is 15.2 Å². The van der Waals surface area contributed by atoms with Crippen LogP contribution < -0.4 is 10.9 Å². The lowest BCUT2D eigenvalue weighted by molar-refractivity contribution is -0.121. The first-order chi connectivity index (χ1) is 12.5. The van der Waals surface area contributed by atoms with Crippen LogP contribution in [0, 0.1) is 10.7 Å². The molecule has 0 spiro atoms. The van der Waals surface area contributed by atoms with E-state index >= 15 is 0 Å². The molecule has 1 aromatic carbocycles. The van der Waals surface area contributed by atoms with Crippen LogP contribution in [0.15, 0.2) is 29.1 Å². The van der Waals surface area contributed by atoms with Gasteiger partial charge in [-0.25, -0.2) is 0 Å². The van der Waals surface area contributed by atoms with E-state index in [1.165, 1.54) is 17.4 Å². The van der Waals surface area contributed by atoms with Crippen LogP contribution in [0.3, 0.4) is 0 Å². The van der Waals surface area contributed by atoms with E-state index in [0.29, 0.717) is 16.7 Å². The number of aromatic amines is 1. The van der Waals surface area contributed by atoms with Crippen molar-refractivity contribution >= 4 is 29.0 Å². The van der Waals surface area contributed by atoms with Gasteiger partial charge in [-0.05, 0) is 49.7 Å². The molecule has 3 rings (SSSR count). The zero-order chi connectivity index (χ0) is 18.5. The fourth-order valence-corrected chi connectivity index (χ4v) is 3.83. The lowest BCUT2D eigenvalue weighted by atomic mass is 10.0. The van der Waals surface area contributed by atoms with Crippen molar-refractivity contribution in [1.82, 2.24) is 19.8 Å². The molecule has 0 bridgehead atoms. The van der Waals surface area contributed by atoms with Crippen LogP contribution in [0.1, 0.15) is 26.2 Å². The Bertz CT molecular complexity index is 889. The average molecular weight is 375 g/mol. The zero-order valence-electron chi connectivity index (χ0n) is 15.2. The number of aromatic nitrogens is 2. The number of nitrogens with zero attached hydrogens (tertiary/aromatic N) is 2. The summed E-state index contributed by atoms with van der Waals surface area (Å²) in [7, 11) is 0. The van der Waals surface area contributed by atoms with Gasteiger partial charge in [0.2, 0.25) is 5.91 Å². The van der Waals surface area contributed by atoms with Gasteiger partial charge in [0.05, 0.1) is 10.9 Å². The molecule has 26 heavy (non-hydrogen) atoms. The molecule has 7 heteroatoms. The van der Waals surface area contributed by atoms with Gasteiger partial charge in [0.15, 0.2) is 4.77 Å². The Morgan fingerprint density at radius 3 is 2.96 bits per heavy atom. The van der Waals surface area contributed by atoms with Crippen LogP contribution in [-0.4, -0.2) is 46.5 Å². The summed E-state index contributed by atoms with van der Waals surface area (Å²) in [5.41, 5.74) is 0.568. The maximum absolute atomic E-state index is 12.6. The molecule has 0 radical (unpaired) electrons. The summed E-state index contributed by atoms with van der Waals surface area (Å²) in [6, 6.07) is 7.26. The van der Waals surface area contributed by atoms with E-state index in [9.17, 15) is 9.59 Å². The number of benzene rings is 1. The van der Waals surface area contributed by atoms with E-state index in [1.807, 2.05) is 18.2 Å². The molecule has 140 valence electrons. The molecule has 0 saturated carbocycles. The molecule has 1 aromatic heterocycles. The molecular formula is C19H26N4O2S. The minimum absolute atomic E-state index is 0.0514. The van der Waals surface area contributed by atoms with Crippen molar-refractivity contribution in [3.63, 3.8) is 0 Å². The number of H-pyrrole nitrogens is 1. The van der Waals surface area contributed by atoms with Crippen LogP contribution in [0.4, 0.5) is 0 Å². The number of piperidine rings is 1. The third-order valence-electron chi connectivity index (χ3n) is 4.94. The standard InChI is InChI=1S/C19H26N4O2S/c1-14-5-4-10-22(13-14)12-9-20-17(24)8-11-23-18(25)15-6-2-3-7-16(15)21-19(23)26/h2-3,6-7,14H,4-5,8-13H2,1H3,(H,20,24)(H,21,26). The molecule has 2 N–H and O–H groups in total. The second kappa shape index (κ2) is 8.60. The average Bonchev–Trinajstić information content (AvgIpc) is 2.61. The molecule has 1 aliphatic rings. The van der Waals surface area contributed by atoms with Gasteiger partial charge in [-0.3, -0.25) is 14.2 Å². The van der Waals surface area contributed by atoms with Crippen molar-refractivity contribution in [3.8, 4) is 0 Å². The molecule has 1 unspecified atom stereocenters. The summed E-state index contributed by atoms with van der Waals surface area (Å²) < 4.78 is 1.81. The Labute approximate surface area is 158 Å². The number of fused-ring (bicyclic) bond motifs is 1. The molecule has 1 aliphatic heterocycles. The van der Waals surface area contributed by atoms with Gasteiger partial charge in [0, 0.05) is 32.6 Å². The van der Waals surface area contributed by atoms with Gasteiger partial charge in [-0.15, -0.1) is 0 Å². The molecule has 6 nitrogen and oxygen atoms in total. The van der Waals surface area contributed by atoms with E-state index in [1.54, 1.807) is 6.07 Å². The van der Waals surface area contributed by atoms with Gasteiger partial charge in [-0.1, -0.05) is 19.1 Å². The second-order valence-corrected chi connectivity index (χ2v) is 7.47. The lowest BCUT2D eigenvalue weighted by Gasteiger charge is -2.30. The van der Waals surface area contributed by atoms with Crippen molar-refractivity contribution in [1.29, 1.82) is 0 Å². The summed E-state index contributed by atoms with van der Waals surface area (Å²) in [5, 5.41) is 3.53. The number of carbonyl (C=O) groups excluding carboxylic acids is 1. The number of carbonyl (C=O) groups is 1. The summed E-state index contributed by atoms with van der Waals surface area (Å²) in [6.45, 7) is 6.30. The minimum Gasteiger partial charge on any atom is -0.355 e. The Hall–Kier alpha value is -1.99. The molecule has 2 aromatic rings. The van der Waals surface area contributed by atoms with E-state index in [-0.39, 0.29) is 24.4 Å². The first-order valence-electron chi connectivity index (χ1n) is 9.25. The van der Waals surface area contributed by atoms with Crippen LogP contribution >= 0.6 is 12.2 Å². The maximum atomic E-state index is 12.6. The molecule has 1 atom stereocenters. The summed E-state index contributed by atoms with van der Waals surface area (Å²) in [6.07, 6.45) is 2.77. The number of rotatable bonds is 6. The maximum Gasteiger partial charge on any atom is 0.262 e. The molecular weight excluding hydrogens is 348 g/mol. The van der Waals surface area contributed by atoms with Crippen molar-refractivity contribution in [2.75, 3.05) is 26.2 Å².